The van der Waals surface area contributed by atoms with Gasteiger partial charge < -0.3 is 9.84 Å². The van der Waals surface area contributed by atoms with Crippen molar-refractivity contribution in [3.63, 3.8) is 0 Å². The first-order valence-electron chi connectivity index (χ1n) is 6.87. The van der Waals surface area contributed by atoms with Crippen molar-refractivity contribution in [1.29, 1.82) is 0 Å². The Balaban J connectivity index is 1.87. The van der Waals surface area contributed by atoms with Crippen molar-refractivity contribution in [2.75, 3.05) is 26.7 Å². The Morgan fingerprint density at radius 3 is 2.33 bits per heavy atom. The van der Waals surface area contributed by atoms with Crippen molar-refractivity contribution in [2.24, 2.45) is 11.3 Å². The number of hydrogen-bond donors (Lipinski definition) is 2. The number of hydrogen-bond acceptors (Lipinski definition) is 5. The predicted molar refractivity (Wildman–Crippen MR) is 72.5 cm³/mol. The summed E-state index contributed by atoms with van der Waals surface area (Å²) in [7, 11) is -2.38. The van der Waals surface area contributed by atoms with Crippen molar-refractivity contribution in [3.05, 3.63) is 0 Å². The van der Waals surface area contributed by atoms with Crippen LogP contribution < -0.4 is 4.72 Å². The van der Waals surface area contributed by atoms with Gasteiger partial charge >= 0.3 is 11.9 Å². The summed E-state index contributed by atoms with van der Waals surface area (Å²) in [6.45, 7) is 0.381. The highest BCUT2D eigenvalue weighted by molar-refractivity contribution is 7.87. The fraction of sp³-hybridized carbons (Fsp3) is 0.833. The normalized spacial score (nSPS) is 22.7. The van der Waals surface area contributed by atoms with Crippen LogP contribution in [0.15, 0.2) is 0 Å². The number of esters is 1. The van der Waals surface area contributed by atoms with Crippen molar-refractivity contribution < 1.29 is 27.9 Å². The van der Waals surface area contributed by atoms with E-state index >= 15 is 0 Å². The molecule has 1 heterocycles. The third kappa shape index (κ3) is 3.53. The van der Waals surface area contributed by atoms with Gasteiger partial charge in [-0.15, -0.1) is 0 Å². The average Bonchev–Trinajstić information content (AvgIpc) is 3.26. The van der Waals surface area contributed by atoms with Crippen molar-refractivity contribution >= 4 is 22.1 Å². The summed E-state index contributed by atoms with van der Waals surface area (Å²) < 4.78 is 32.5. The molecular formula is C12H20N2O6S. The minimum absolute atomic E-state index is 0.0817. The van der Waals surface area contributed by atoms with Crippen LogP contribution in [-0.4, -0.2) is 56.5 Å². The number of nitrogens with zero attached hydrogens (tertiary/aromatic N) is 1. The van der Waals surface area contributed by atoms with Gasteiger partial charge in [0.1, 0.15) is 0 Å². The SMILES string of the molecule is COC(=O)C1CCN(S(=O)(=O)NCC2(C(=O)O)CC2)CC1. The van der Waals surface area contributed by atoms with Gasteiger partial charge in [0, 0.05) is 19.6 Å². The van der Waals surface area contributed by atoms with E-state index in [1.165, 1.54) is 11.4 Å². The first-order valence-corrected chi connectivity index (χ1v) is 8.31. The zero-order chi connectivity index (χ0) is 15.7. The van der Waals surface area contributed by atoms with Crippen LogP contribution in [0, 0.1) is 11.3 Å². The molecule has 9 heteroatoms. The zero-order valence-electron chi connectivity index (χ0n) is 11.9. The molecule has 0 spiro atoms. The molecule has 1 aliphatic heterocycles. The van der Waals surface area contributed by atoms with Gasteiger partial charge in [-0.25, -0.2) is 4.72 Å². The van der Waals surface area contributed by atoms with Gasteiger partial charge in [0.25, 0.3) is 10.2 Å². The number of methoxy groups -OCH3 is 1. The van der Waals surface area contributed by atoms with Crippen LogP contribution in [0.2, 0.25) is 0 Å². The van der Waals surface area contributed by atoms with E-state index in [0.29, 0.717) is 25.7 Å². The summed E-state index contributed by atoms with van der Waals surface area (Å²) in [5.41, 5.74) is -0.933. The highest BCUT2D eigenvalue weighted by Crippen LogP contribution is 2.45. The summed E-state index contributed by atoms with van der Waals surface area (Å²) in [6, 6.07) is 0. The van der Waals surface area contributed by atoms with Gasteiger partial charge in [0.2, 0.25) is 0 Å². The topological polar surface area (TPSA) is 113 Å². The van der Waals surface area contributed by atoms with Gasteiger partial charge in [-0.3, -0.25) is 9.59 Å². The minimum atomic E-state index is -3.70. The second-order valence-electron chi connectivity index (χ2n) is 5.61. The van der Waals surface area contributed by atoms with E-state index < -0.39 is 21.6 Å². The van der Waals surface area contributed by atoms with Gasteiger partial charge in [0.05, 0.1) is 18.4 Å². The van der Waals surface area contributed by atoms with Gasteiger partial charge in [-0.1, -0.05) is 0 Å². The van der Waals surface area contributed by atoms with Crippen LogP contribution >= 0.6 is 0 Å². The Hall–Kier alpha value is -1.19. The Morgan fingerprint density at radius 2 is 1.90 bits per heavy atom. The molecule has 0 unspecified atom stereocenters. The number of piperidine rings is 1. The lowest BCUT2D eigenvalue weighted by atomic mass is 9.99. The monoisotopic (exact) mass is 320 g/mol. The zero-order valence-corrected chi connectivity index (χ0v) is 12.7. The molecule has 0 aromatic carbocycles. The number of ether oxygens (including phenoxy) is 1. The van der Waals surface area contributed by atoms with Crippen molar-refractivity contribution in [1.82, 2.24) is 9.03 Å². The fourth-order valence-corrected chi connectivity index (χ4v) is 3.77. The molecular weight excluding hydrogens is 300 g/mol. The molecule has 1 saturated heterocycles. The molecule has 2 rings (SSSR count). The second kappa shape index (κ2) is 5.90. The molecule has 0 aromatic heterocycles. The Labute approximate surface area is 123 Å². The van der Waals surface area contributed by atoms with E-state index in [1.807, 2.05) is 0 Å². The van der Waals surface area contributed by atoms with Crippen LogP contribution in [0.25, 0.3) is 0 Å². The van der Waals surface area contributed by atoms with Crippen molar-refractivity contribution in [2.45, 2.75) is 25.7 Å². The molecule has 21 heavy (non-hydrogen) atoms. The molecule has 8 nitrogen and oxygen atoms in total. The van der Waals surface area contributed by atoms with Crippen LogP contribution in [0.4, 0.5) is 0 Å². The van der Waals surface area contributed by atoms with E-state index in [1.54, 1.807) is 0 Å². The summed E-state index contributed by atoms with van der Waals surface area (Å²) in [5, 5.41) is 9.03. The quantitative estimate of drug-likeness (QED) is 0.642. The Morgan fingerprint density at radius 1 is 1.33 bits per heavy atom. The van der Waals surface area contributed by atoms with E-state index in [-0.39, 0.29) is 31.5 Å². The van der Waals surface area contributed by atoms with Gasteiger partial charge in [-0.2, -0.15) is 12.7 Å². The van der Waals surface area contributed by atoms with E-state index in [0.717, 1.165) is 0 Å². The highest BCUT2D eigenvalue weighted by atomic mass is 32.2. The molecule has 0 bridgehead atoms. The molecule has 1 saturated carbocycles. The van der Waals surface area contributed by atoms with Gasteiger partial charge in [-0.05, 0) is 25.7 Å². The lowest BCUT2D eigenvalue weighted by Gasteiger charge is -2.30. The van der Waals surface area contributed by atoms with E-state index in [2.05, 4.69) is 9.46 Å². The molecule has 2 aliphatic rings. The van der Waals surface area contributed by atoms with Crippen LogP contribution in [0.1, 0.15) is 25.7 Å². The van der Waals surface area contributed by atoms with Crippen LogP contribution in [0.5, 0.6) is 0 Å². The lowest BCUT2D eigenvalue weighted by molar-refractivity contribution is -0.146. The van der Waals surface area contributed by atoms with Crippen LogP contribution in [-0.2, 0) is 24.5 Å². The molecule has 2 N–H and O–H groups in total. The molecule has 1 aliphatic carbocycles. The smallest absolute Gasteiger partial charge is 0.310 e. The Kier molecular flexibility index (Phi) is 4.54. The van der Waals surface area contributed by atoms with E-state index in [4.69, 9.17) is 5.11 Å². The number of carbonyl (C=O) groups is 2. The lowest BCUT2D eigenvalue weighted by Crippen LogP contribution is -2.48. The number of aliphatic carboxylic acids is 1. The summed E-state index contributed by atoms with van der Waals surface area (Å²) in [5.74, 6) is -1.55. The molecule has 0 radical (unpaired) electrons. The molecule has 0 atom stereocenters. The minimum Gasteiger partial charge on any atom is -0.481 e. The first-order chi connectivity index (χ1) is 9.81. The van der Waals surface area contributed by atoms with Crippen LogP contribution in [0.3, 0.4) is 0 Å². The fourth-order valence-electron chi connectivity index (χ4n) is 2.44. The first kappa shape index (κ1) is 16.2. The van der Waals surface area contributed by atoms with Gasteiger partial charge in [0.15, 0.2) is 0 Å². The van der Waals surface area contributed by atoms with E-state index in [9.17, 15) is 18.0 Å². The molecule has 0 aromatic rings. The largest absolute Gasteiger partial charge is 0.481 e. The maximum Gasteiger partial charge on any atom is 0.310 e. The summed E-state index contributed by atoms with van der Waals surface area (Å²) in [4.78, 5) is 22.4. The number of rotatable bonds is 6. The number of carboxylic acids is 1. The maximum atomic E-state index is 12.1. The standard InChI is InChI=1S/C12H20N2O6S/c1-20-10(15)9-2-6-14(7-3-9)21(18,19)13-8-12(4-5-12)11(16)17/h9,13H,2-8H2,1H3,(H,16,17). The Bertz CT molecular complexity index is 520. The van der Waals surface area contributed by atoms with Crippen molar-refractivity contribution in [3.8, 4) is 0 Å². The summed E-state index contributed by atoms with van der Waals surface area (Å²) >= 11 is 0. The third-order valence-corrected chi connectivity index (χ3v) is 5.78. The number of carboxylic acid groups (broad SMARTS) is 1. The summed E-state index contributed by atoms with van der Waals surface area (Å²) in [6.07, 6.45) is 1.82. The number of carbonyl (C=O) groups excluding carboxylic acids is 1. The number of nitrogens with one attached hydrogen (secondary N) is 1. The maximum absolute atomic E-state index is 12.1. The molecule has 120 valence electrons. The third-order valence-electron chi connectivity index (χ3n) is 4.23. The molecule has 0 amide bonds. The average molecular weight is 320 g/mol. The second-order valence-corrected chi connectivity index (χ2v) is 7.36. The predicted octanol–water partition coefficient (Wildman–Crippen LogP) is -0.429. The molecule has 2 fully saturated rings. The highest BCUT2D eigenvalue weighted by Gasteiger charge is 2.51.